The molecular formula is C17H22Cl2N2O. The van der Waals surface area contributed by atoms with Crippen LogP contribution in [0.25, 0.3) is 0 Å². The number of carbonyl (C=O) groups is 1. The molecule has 1 aliphatic heterocycles. The van der Waals surface area contributed by atoms with Gasteiger partial charge in [-0.25, -0.2) is 0 Å². The fourth-order valence-corrected chi connectivity index (χ4v) is 4.00. The number of halogens is 2. The van der Waals surface area contributed by atoms with Crippen molar-refractivity contribution >= 4 is 29.1 Å². The predicted molar refractivity (Wildman–Crippen MR) is 90.5 cm³/mol. The average Bonchev–Trinajstić information content (AvgIpc) is 2.93. The van der Waals surface area contributed by atoms with Gasteiger partial charge in [0.05, 0.1) is 16.1 Å². The van der Waals surface area contributed by atoms with Crippen LogP contribution in [0.4, 0.5) is 0 Å². The molecule has 1 atom stereocenters. The van der Waals surface area contributed by atoms with E-state index in [1.54, 1.807) is 0 Å². The van der Waals surface area contributed by atoms with Crippen molar-refractivity contribution in [3.05, 3.63) is 33.3 Å². The van der Waals surface area contributed by atoms with Gasteiger partial charge in [-0.3, -0.25) is 4.79 Å². The Hall–Kier alpha value is -0.770. The molecule has 1 saturated heterocycles. The van der Waals surface area contributed by atoms with Crippen LogP contribution in [-0.4, -0.2) is 19.0 Å². The molecule has 1 fully saturated rings. The van der Waals surface area contributed by atoms with Crippen molar-refractivity contribution in [2.75, 3.05) is 13.1 Å². The molecule has 5 heteroatoms. The van der Waals surface area contributed by atoms with Crippen LogP contribution in [-0.2, 0) is 11.2 Å². The highest BCUT2D eigenvalue weighted by atomic mass is 35.5. The van der Waals surface area contributed by atoms with E-state index in [9.17, 15) is 4.79 Å². The SMILES string of the molecule is O=C(CCC1CCNCC1)NC1CCc2c1ccc(Cl)c2Cl. The van der Waals surface area contributed by atoms with E-state index in [-0.39, 0.29) is 11.9 Å². The monoisotopic (exact) mass is 340 g/mol. The molecule has 1 amide bonds. The molecule has 0 radical (unpaired) electrons. The maximum Gasteiger partial charge on any atom is 0.220 e. The lowest BCUT2D eigenvalue weighted by atomic mass is 9.93. The van der Waals surface area contributed by atoms with Crippen LogP contribution in [0, 0.1) is 5.92 Å². The lowest BCUT2D eigenvalue weighted by Gasteiger charge is -2.22. The van der Waals surface area contributed by atoms with Gasteiger partial charge in [0, 0.05) is 6.42 Å². The number of nitrogens with one attached hydrogen (secondary N) is 2. The normalized spacial score (nSPS) is 21.6. The lowest BCUT2D eigenvalue weighted by molar-refractivity contribution is -0.122. The van der Waals surface area contributed by atoms with E-state index < -0.39 is 0 Å². The number of rotatable bonds is 4. The third-order valence-electron chi connectivity index (χ3n) is 4.86. The maximum atomic E-state index is 12.2. The van der Waals surface area contributed by atoms with E-state index in [0.29, 0.717) is 22.4 Å². The molecule has 0 bridgehead atoms. The van der Waals surface area contributed by atoms with Crippen molar-refractivity contribution in [2.45, 2.75) is 44.6 Å². The molecule has 1 heterocycles. The zero-order valence-electron chi connectivity index (χ0n) is 12.6. The fraction of sp³-hybridized carbons (Fsp3) is 0.588. The van der Waals surface area contributed by atoms with Crippen LogP contribution < -0.4 is 10.6 Å². The Bertz CT molecular complexity index is 556. The van der Waals surface area contributed by atoms with E-state index in [4.69, 9.17) is 23.2 Å². The summed E-state index contributed by atoms with van der Waals surface area (Å²) in [4.78, 5) is 12.2. The third kappa shape index (κ3) is 3.58. The number of piperidine rings is 1. The molecule has 0 aromatic heterocycles. The Morgan fingerprint density at radius 1 is 1.23 bits per heavy atom. The van der Waals surface area contributed by atoms with Gasteiger partial charge in [0.25, 0.3) is 0 Å². The van der Waals surface area contributed by atoms with Crippen LogP contribution in [0.5, 0.6) is 0 Å². The van der Waals surface area contributed by atoms with Gasteiger partial charge in [0.15, 0.2) is 0 Å². The zero-order valence-corrected chi connectivity index (χ0v) is 14.1. The Morgan fingerprint density at radius 2 is 2.00 bits per heavy atom. The molecule has 0 spiro atoms. The average molecular weight is 341 g/mol. The van der Waals surface area contributed by atoms with E-state index in [0.717, 1.165) is 43.5 Å². The molecule has 1 aromatic rings. The summed E-state index contributed by atoms with van der Waals surface area (Å²) in [6.45, 7) is 2.17. The first-order valence-electron chi connectivity index (χ1n) is 8.12. The molecule has 3 nitrogen and oxygen atoms in total. The molecule has 120 valence electrons. The van der Waals surface area contributed by atoms with E-state index in [2.05, 4.69) is 10.6 Å². The van der Waals surface area contributed by atoms with Gasteiger partial charge in [0.2, 0.25) is 5.91 Å². The fourth-order valence-electron chi connectivity index (χ4n) is 3.55. The summed E-state index contributed by atoms with van der Waals surface area (Å²) in [5, 5.41) is 7.76. The first kappa shape index (κ1) is 16.1. The minimum absolute atomic E-state index is 0.0882. The molecule has 2 N–H and O–H groups in total. The summed E-state index contributed by atoms with van der Waals surface area (Å²) in [7, 11) is 0. The second-order valence-electron chi connectivity index (χ2n) is 6.32. The summed E-state index contributed by atoms with van der Waals surface area (Å²) >= 11 is 12.3. The lowest BCUT2D eigenvalue weighted by Crippen LogP contribution is -2.30. The van der Waals surface area contributed by atoms with Gasteiger partial charge in [-0.15, -0.1) is 0 Å². The number of carbonyl (C=O) groups excluding carboxylic acids is 1. The molecule has 3 rings (SSSR count). The highest BCUT2D eigenvalue weighted by Gasteiger charge is 2.26. The Labute approximate surface area is 141 Å². The summed E-state index contributed by atoms with van der Waals surface area (Å²) < 4.78 is 0. The van der Waals surface area contributed by atoms with Gasteiger partial charge in [-0.2, -0.15) is 0 Å². The van der Waals surface area contributed by atoms with Crippen molar-refractivity contribution in [2.24, 2.45) is 5.92 Å². The van der Waals surface area contributed by atoms with Crippen molar-refractivity contribution in [1.82, 2.24) is 10.6 Å². The summed E-state index contributed by atoms with van der Waals surface area (Å²) in [6, 6.07) is 3.90. The summed E-state index contributed by atoms with van der Waals surface area (Å²) in [5.41, 5.74) is 2.22. The first-order chi connectivity index (χ1) is 10.6. The number of hydrogen-bond acceptors (Lipinski definition) is 2. The van der Waals surface area contributed by atoms with Crippen molar-refractivity contribution in [1.29, 1.82) is 0 Å². The number of benzene rings is 1. The second-order valence-corrected chi connectivity index (χ2v) is 7.11. The van der Waals surface area contributed by atoms with Gasteiger partial charge >= 0.3 is 0 Å². The maximum absolute atomic E-state index is 12.2. The molecule has 22 heavy (non-hydrogen) atoms. The van der Waals surface area contributed by atoms with Crippen LogP contribution in [0.15, 0.2) is 12.1 Å². The first-order valence-corrected chi connectivity index (χ1v) is 8.87. The zero-order chi connectivity index (χ0) is 15.5. The van der Waals surface area contributed by atoms with Crippen molar-refractivity contribution in [3.63, 3.8) is 0 Å². The van der Waals surface area contributed by atoms with Crippen LogP contribution in [0.3, 0.4) is 0 Å². The molecule has 0 saturated carbocycles. The van der Waals surface area contributed by atoms with Gasteiger partial charge in [-0.1, -0.05) is 29.3 Å². The van der Waals surface area contributed by atoms with Crippen LogP contribution in [0.2, 0.25) is 10.0 Å². The predicted octanol–water partition coefficient (Wildman–Crippen LogP) is 3.88. The van der Waals surface area contributed by atoms with E-state index in [1.807, 2.05) is 12.1 Å². The third-order valence-corrected chi connectivity index (χ3v) is 5.71. The smallest absolute Gasteiger partial charge is 0.220 e. The quantitative estimate of drug-likeness (QED) is 0.873. The van der Waals surface area contributed by atoms with Gasteiger partial charge < -0.3 is 10.6 Å². The number of fused-ring (bicyclic) bond motifs is 1. The molecule has 1 aliphatic carbocycles. The van der Waals surface area contributed by atoms with Gasteiger partial charge in [0.1, 0.15) is 0 Å². The largest absolute Gasteiger partial charge is 0.349 e. The number of amides is 1. The minimum Gasteiger partial charge on any atom is -0.349 e. The van der Waals surface area contributed by atoms with E-state index >= 15 is 0 Å². The topological polar surface area (TPSA) is 41.1 Å². The summed E-state index contributed by atoms with van der Waals surface area (Å²) in [5.74, 6) is 0.846. The Morgan fingerprint density at radius 3 is 2.77 bits per heavy atom. The van der Waals surface area contributed by atoms with Crippen molar-refractivity contribution < 1.29 is 4.79 Å². The van der Waals surface area contributed by atoms with Gasteiger partial charge in [-0.05, 0) is 68.3 Å². The Balaban J connectivity index is 1.54. The van der Waals surface area contributed by atoms with Crippen LogP contribution in [0.1, 0.15) is 49.3 Å². The minimum atomic E-state index is 0.0882. The molecule has 1 aromatic carbocycles. The van der Waals surface area contributed by atoms with E-state index in [1.165, 1.54) is 12.8 Å². The molecule has 2 aliphatic rings. The van der Waals surface area contributed by atoms with Crippen molar-refractivity contribution in [3.8, 4) is 0 Å². The number of hydrogen-bond donors (Lipinski definition) is 2. The Kier molecular flexibility index (Phi) is 5.27. The second kappa shape index (κ2) is 7.20. The molecule has 1 unspecified atom stereocenters. The molecular weight excluding hydrogens is 319 g/mol. The standard InChI is InChI=1S/C17H22Cl2N2O/c18-14-4-2-12-13(17(14)19)3-5-15(12)21-16(22)6-1-11-7-9-20-10-8-11/h2,4,11,15,20H,1,3,5-10H2,(H,21,22). The van der Waals surface area contributed by atoms with Crippen LogP contribution >= 0.6 is 23.2 Å². The highest BCUT2D eigenvalue weighted by Crippen LogP contribution is 2.39. The summed E-state index contributed by atoms with van der Waals surface area (Å²) in [6.07, 6.45) is 5.79. The highest BCUT2D eigenvalue weighted by molar-refractivity contribution is 6.42.